The Balaban J connectivity index is 0.000000150. The summed E-state index contributed by atoms with van der Waals surface area (Å²) < 4.78 is 17.4. The number of para-hydroxylation sites is 1. The molecule has 3 aliphatic heterocycles. The highest BCUT2D eigenvalue weighted by molar-refractivity contribution is 5.99. The van der Waals surface area contributed by atoms with Crippen LogP contribution < -0.4 is 14.8 Å². The summed E-state index contributed by atoms with van der Waals surface area (Å²) in [5.74, 6) is 2.85. The molecule has 2 atom stereocenters. The molecule has 20 heteroatoms. The van der Waals surface area contributed by atoms with Crippen molar-refractivity contribution in [3.8, 4) is 34.3 Å². The number of aromatic amines is 2. The van der Waals surface area contributed by atoms with Crippen LogP contribution in [-0.2, 0) is 4.74 Å². The fraction of sp³-hybridized carbons (Fsp3) is 0.390. The predicted molar refractivity (Wildman–Crippen MR) is 304 cm³/mol. The molecule has 9 heterocycles. The molecular formula is C59H70N14O6. The molecule has 8 aromatic rings. The van der Waals surface area contributed by atoms with Gasteiger partial charge in [0.2, 0.25) is 5.95 Å². The van der Waals surface area contributed by atoms with Gasteiger partial charge in [-0.25, -0.2) is 19.9 Å². The number of fused-ring (bicyclic) bond motifs is 2. The first-order valence-corrected chi connectivity index (χ1v) is 27.3. The van der Waals surface area contributed by atoms with Crippen molar-refractivity contribution >= 4 is 45.3 Å². The van der Waals surface area contributed by atoms with Crippen molar-refractivity contribution in [3.63, 3.8) is 0 Å². The van der Waals surface area contributed by atoms with Crippen LogP contribution in [0.25, 0.3) is 44.6 Å². The van der Waals surface area contributed by atoms with E-state index in [1.165, 1.54) is 0 Å². The van der Waals surface area contributed by atoms with E-state index >= 15 is 0 Å². The number of aryl methyl sites for hydroxylation is 1. The van der Waals surface area contributed by atoms with Gasteiger partial charge in [0.1, 0.15) is 41.4 Å². The normalized spacial score (nSPS) is 18.3. The van der Waals surface area contributed by atoms with Gasteiger partial charge in [-0.2, -0.15) is 0 Å². The Bertz CT molecular complexity index is 3260. The van der Waals surface area contributed by atoms with Gasteiger partial charge in [0.05, 0.1) is 42.1 Å². The number of nitrogens with zero attached hydrogens (tertiary/aromatic N) is 11. The number of rotatable bonds is 12. The lowest BCUT2D eigenvalue weighted by atomic mass is 9.95. The Morgan fingerprint density at radius 2 is 1.25 bits per heavy atom. The molecule has 6 aromatic heterocycles. The molecule has 3 saturated heterocycles. The number of carbonyl (C=O) groups is 2. The molecular weight excluding hydrogens is 1000 g/mol. The predicted octanol–water partition coefficient (Wildman–Crippen LogP) is 6.95. The third-order valence-corrected chi connectivity index (χ3v) is 14.5. The number of hydrogen-bond donors (Lipinski definition) is 4. The van der Waals surface area contributed by atoms with Crippen molar-refractivity contribution in [1.29, 1.82) is 0 Å². The number of aromatic nitrogens is 8. The van der Waals surface area contributed by atoms with Crippen LogP contribution >= 0.6 is 0 Å². The van der Waals surface area contributed by atoms with E-state index in [2.05, 4.69) is 74.0 Å². The van der Waals surface area contributed by atoms with Gasteiger partial charge in [0.25, 0.3) is 11.8 Å². The summed E-state index contributed by atoms with van der Waals surface area (Å²) in [6.07, 6.45) is 10.3. The second kappa shape index (κ2) is 26.2. The van der Waals surface area contributed by atoms with Gasteiger partial charge in [-0.3, -0.25) is 24.5 Å². The number of morpholine rings is 1. The summed E-state index contributed by atoms with van der Waals surface area (Å²) in [6.45, 7) is 13.5. The van der Waals surface area contributed by atoms with Gasteiger partial charge in [-0.05, 0) is 101 Å². The number of benzene rings is 2. The van der Waals surface area contributed by atoms with Crippen LogP contribution in [0.1, 0.15) is 52.5 Å². The number of aliphatic hydroxyl groups is 1. The molecule has 1 aliphatic carbocycles. The van der Waals surface area contributed by atoms with Crippen molar-refractivity contribution in [2.45, 2.75) is 44.8 Å². The molecule has 4 N–H and O–H groups in total. The van der Waals surface area contributed by atoms with Gasteiger partial charge in [0.15, 0.2) is 0 Å². The standard InChI is InChI=1S/C29H34N8O3.C16H19N3O2.C14H17N3O/c1-35-8-10-37(11-9-35)28(38)27-19-21-18-22(2-3-24(21)33-27)32-29-31-7-5-25(34-29)26-20-23(4-6-30-26)40-17-14-36-12-15-39-16-13-36;1-11-17-8-6-15(19-11)16-10-14(5-7-18-16)21-13-4-2-3-12(20)9-13;1-16-6-8-17(9-7-16)14(18)13-10-11-4-2-3-5-12(11)15-13/h2-7,18-20,33H,8-17H2,1H3,(H,31,32,34);5-8,10,12-13,20H,2-4,9H2,1H3;2-5,10,15H,6-9H2,1H3. The molecule has 4 aliphatic rings. The molecule has 4 fully saturated rings. The number of hydrogen-bond acceptors (Lipinski definition) is 16. The van der Waals surface area contributed by atoms with Crippen LogP contribution in [0, 0.1) is 6.92 Å². The molecule has 79 heavy (non-hydrogen) atoms. The van der Waals surface area contributed by atoms with Gasteiger partial charge in [-0.15, -0.1) is 0 Å². The molecule has 0 bridgehead atoms. The van der Waals surface area contributed by atoms with Crippen molar-refractivity contribution < 1.29 is 28.9 Å². The van der Waals surface area contributed by atoms with Crippen molar-refractivity contribution in [1.82, 2.24) is 64.4 Å². The first kappa shape index (κ1) is 54.5. The summed E-state index contributed by atoms with van der Waals surface area (Å²) in [5.41, 5.74) is 7.03. The maximum atomic E-state index is 13.0. The quantitative estimate of drug-likeness (QED) is 0.0973. The van der Waals surface area contributed by atoms with Gasteiger partial charge in [0, 0.05) is 143 Å². The molecule has 0 spiro atoms. The average Bonchev–Trinajstić information content (AvgIpc) is 4.18. The highest BCUT2D eigenvalue weighted by atomic mass is 16.5. The summed E-state index contributed by atoms with van der Waals surface area (Å²) >= 11 is 0. The van der Waals surface area contributed by atoms with E-state index in [-0.39, 0.29) is 24.0 Å². The van der Waals surface area contributed by atoms with Crippen LogP contribution in [0.2, 0.25) is 0 Å². The van der Waals surface area contributed by atoms with E-state index in [9.17, 15) is 14.7 Å². The maximum Gasteiger partial charge on any atom is 0.270 e. The minimum Gasteiger partial charge on any atom is -0.492 e. The zero-order valence-corrected chi connectivity index (χ0v) is 45.3. The van der Waals surface area contributed by atoms with Crippen molar-refractivity contribution in [2.24, 2.45) is 0 Å². The number of nitrogens with one attached hydrogen (secondary N) is 3. The van der Waals surface area contributed by atoms with Crippen LogP contribution in [-0.4, -0.2) is 199 Å². The highest BCUT2D eigenvalue weighted by Crippen LogP contribution is 2.28. The lowest BCUT2D eigenvalue weighted by molar-refractivity contribution is 0.0322. The van der Waals surface area contributed by atoms with Gasteiger partial charge >= 0.3 is 0 Å². The Morgan fingerprint density at radius 3 is 1.92 bits per heavy atom. The van der Waals surface area contributed by atoms with E-state index in [0.29, 0.717) is 41.8 Å². The second-order valence-electron chi connectivity index (χ2n) is 20.4. The molecule has 0 radical (unpaired) electrons. The van der Waals surface area contributed by atoms with E-state index in [1.807, 2.05) is 108 Å². The zero-order valence-electron chi connectivity index (χ0n) is 45.3. The summed E-state index contributed by atoms with van der Waals surface area (Å²) in [5, 5.41) is 15.0. The first-order chi connectivity index (χ1) is 38.5. The number of amides is 2. The Hall–Kier alpha value is -7.88. The van der Waals surface area contributed by atoms with Gasteiger partial charge in [-0.1, -0.05) is 18.2 Å². The molecule has 20 nitrogen and oxygen atoms in total. The SMILES string of the molecule is CN1CCN(C(=O)c2cc3cc(Nc4nccc(-c5cc(OCCN6CCOCC6)ccn5)n4)ccc3[nH]2)CC1.CN1CCN(C(=O)c2cc3ccccc3[nH]2)CC1.Cc1nccc(-c2cc(OC3CCCC(O)C3)ccn2)n1. The van der Waals surface area contributed by atoms with Crippen LogP contribution in [0.4, 0.5) is 11.6 Å². The number of piperazine rings is 2. The number of likely N-dealkylation sites (N-methyl/N-ethyl adjacent to an activating group) is 2. The topological polar surface area (TPSA) is 219 Å². The highest BCUT2D eigenvalue weighted by Gasteiger charge is 2.24. The molecule has 2 amide bonds. The van der Waals surface area contributed by atoms with Crippen molar-refractivity contribution in [2.75, 3.05) is 111 Å². The number of H-pyrrole nitrogens is 2. The fourth-order valence-corrected chi connectivity index (χ4v) is 9.97. The first-order valence-electron chi connectivity index (χ1n) is 27.3. The summed E-state index contributed by atoms with van der Waals surface area (Å²) in [4.78, 5) is 68.8. The number of aliphatic hydroxyl groups excluding tert-OH is 1. The Labute approximate surface area is 460 Å². The van der Waals surface area contributed by atoms with Crippen LogP contribution in [0.3, 0.4) is 0 Å². The number of carbonyl (C=O) groups excluding carboxylic acids is 2. The van der Waals surface area contributed by atoms with E-state index < -0.39 is 0 Å². The molecule has 12 rings (SSSR count). The van der Waals surface area contributed by atoms with E-state index in [0.717, 1.165) is 161 Å². The molecule has 412 valence electrons. The molecule has 2 aromatic carbocycles. The third kappa shape index (κ3) is 14.8. The number of anilines is 2. The monoisotopic (exact) mass is 1070 g/mol. The smallest absolute Gasteiger partial charge is 0.270 e. The van der Waals surface area contributed by atoms with E-state index in [4.69, 9.17) is 14.2 Å². The Kier molecular flexibility index (Phi) is 18.1. The fourth-order valence-electron chi connectivity index (χ4n) is 9.97. The van der Waals surface area contributed by atoms with Gasteiger partial charge < -0.3 is 54.2 Å². The van der Waals surface area contributed by atoms with Crippen molar-refractivity contribution in [3.05, 3.63) is 133 Å². The van der Waals surface area contributed by atoms with E-state index in [1.54, 1.807) is 24.8 Å². The molecule has 2 unspecified atom stereocenters. The summed E-state index contributed by atoms with van der Waals surface area (Å²) in [7, 11) is 4.17. The minimum absolute atomic E-state index is 0.0367. The number of pyridine rings is 2. The van der Waals surface area contributed by atoms with Crippen LogP contribution in [0.5, 0.6) is 11.5 Å². The second-order valence-corrected chi connectivity index (χ2v) is 20.4. The minimum atomic E-state index is -0.241. The maximum absolute atomic E-state index is 13.0. The molecule has 1 saturated carbocycles. The lowest BCUT2D eigenvalue weighted by Gasteiger charge is -2.32. The Morgan fingerprint density at radius 1 is 0.646 bits per heavy atom. The lowest BCUT2D eigenvalue weighted by Crippen LogP contribution is -2.47. The average molecular weight is 1070 g/mol. The zero-order chi connectivity index (χ0) is 54.5. The largest absolute Gasteiger partial charge is 0.492 e. The third-order valence-electron chi connectivity index (χ3n) is 14.5. The number of ether oxygens (including phenoxy) is 3. The summed E-state index contributed by atoms with van der Waals surface area (Å²) in [6, 6.07) is 28.9. The van der Waals surface area contributed by atoms with Crippen LogP contribution in [0.15, 0.2) is 116 Å².